The molecule has 1 unspecified atom stereocenters. The number of nitrogens with one attached hydrogen (secondary N) is 1. The normalized spacial score (nSPS) is 12.7. The molecule has 0 fully saturated rings. The van der Waals surface area contributed by atoms with E-state index in [1.165, 1.54) is 12.1 Å². The van der Waals surface area contributed by atoms with Crippen molar-refractivity contribution in [1.29, 1.82) is 0 Å². The lowest BCUT2D eigenvalue weighted by atomic mass is 10.1. The minimum atomic E-state index is -0.988. The van der Waals surface area contributed by atoms with Crippen LogP contribution in [0.4, 0.5) is 0 Å². The average Bonchev–Trinajstić information content (AvgIpc) is 2.29. The van der Waals surface area contributed by atoms with Crippen LogP contribution in [0, 0.1) is 6.92 Å². The monoisotopic (exact) mass is 279 g/mol. The van der Waals surface area contributed by atoms with Gasteiger partial charge in [0.1, 0.15) is 5.75 Å². The Morgan fingerprint density at radius 1 is 1.30 bits per heavy atom. The van der Waals surface area contributed by atoms with E-state index in [0.717, 1.165) is 0 Å². The summed E-state index contributed by atoms with van der Waals surface area (Å²) in [5, 5.41) is 11.7. The maximum Gasteiger partial charge on any atom is 0.335 e. The average molecular weight is 279 g/mol. The number of carboxylic acids is 1. The van der Waals surface area contributed by atoms with Crippen molar-refractivity contribution in [1.82, 2.24) is 5.32 Å². The van der Waals surface area contributed by atoms with Crippen molar-refractivity contribution >= 4 is 11.9 Å². The van der Waals surface area contributed by atoms with E-state index in [1.807, 2.05) is 20.8 Å². The fraction of sp³-hybridized carbons (Fsp3) is 0.467. The molecule has 1 atom stereocenters. The smallest absolute Gasteiger partial charge is 0.335 e. The van der Waals surface area contributed by atoms with Crippen LogP contribution >= 0.6 is 0 Å². The van der Waals surface area contributed by atoms with E-state index in [0.29, 0.717) is 11.3 Å². The zero-order chi connectivity index (χ0) is 15.5. The second kappa shape index (κ2) is 5.94. The minimum absolute atomic E-state index is 0.196. The zero-order valence-electron chi connectivity index (χ0n) is 12.5. The molecule has 5 heteroatoms. The summed E-state index contributed by atoms with van der Waals surface area (Å²) < 4.78 is 5.58. The summed E-state index contributed by atoms with van der Waals surface area (Å²) in [5.41, 5.74) is 0.554. The molecule has 1 aromatic carbocycles. The Hall–Kier alpha value is -2.04. The summed E-state index contributed by atoms with van der Waals surface area (Å²) in [5.74, 6) is -0.691. The minimum Gasteiger partial charge on any atom is -0.481 e. The second-order valence-corrected chi connectivity index (χ2v) is 5.78. The van der Waals surface area contributed by atoms with Crippen molar-refractivity contribution in [2.45, 2.75) is 46.3 Å². The summed E-state index contributed by atoms with van der Waals surface area (Å²) in [6.07, 6.45) is -0.649. The predicted octanol–water partition coefficient (Wildman–Crippen LogP) is 2.38. The lowest BCUT2D eigenvalue weighted by Gasteiger charge is -2.24. The van der Waals surface area contributed by atoms with Crippen LogP contribution in [0.5, 0.6) is 5.75 Å². The zero-order valence-corrected chi connectivity index (χ0v) is 12.5. The second-order valence-electron chi connectivity index (χ2n) is 5.78. The van der Waals surface area contributed by atoms with Crippen LogP contribution in [-0.2, 0) is 4.79 Å². The van der Waals surface area contributed by atoms with E-state index < -0.39 is 12.1 Å². The fourth-order valence-electron chi connectivity index (χ4n) is 1.63. The van der Waals surface area contributed by atoms with Crippen LogP contribution in [0.15, 0.2) is 18.2 Å². The van der Waals surface area contributed by atoms with Crippen LogP contribution in [0.1, 0.15) is 43.6 Å². The van der Waals surface area contributed by atoms with Crippen LogP contribution in [-0.4, -0.2) is 28.6 Å². The lowest BCUT2D eigenvalue weighted by molar-refractivity contribution is -0.128. The van der Waals surface area contributed by atoms with Crippen LogP contribution in [0.2, 0.25) is 0 Å². The molecule has 0 bridgehead atoms. The first-order valence-corrected chi connectivity index (χ1v) is 6.43. The Morgan fingerprint density at radius 3 is 2.35 bits per heavy atom. The third kappa shape index (κ3) is 4.57. The van der Waals surface area contributed by atoms with Gasteiger partial charge in [-0.2, -0.15) is 0 Å². The molecule has 0 radical (unpaired) electrons. The molecule has 0 aliphatic heterocycles. The van der Waals surface area contributed by atoms with Gasteiger partial charge >= 0.3 is 5.97 Å². The molecule has 20 heavy (non-hydrogen) atoms. The number of amides is 1. The molecule has 0 saturated heterocycles. The molecule has 0 aliphatic carbocycles. The van der Waals surface area contributed by atoms with Gasteiger partial charge < -0.3 is 15.2 Å². The van der Waals surface area contributed by atoms with E-state index in [9.17, 15) is 9.59 Å². The van der Waals surface area contributed by atoms with Crippen LogP contribution < -0.4 is 10.1 Å². The van der Waals surface area contributed by atoms with Gasteiger partial charge in [-0.15, -0.1) is 0 Å². The number of hydrogen-bond acceptors (Lipinski definition) is 3. The molecule has 0 spiro atoms. The highest BCUT2D eigenvalue weighted by Crippen LogP contribution is 2.20. The van der Waals surface area contributed by atoms with Gasteiger partial charge in [0.2, 0.25) is 0 Å². The number of carbonyl (C=O) groups excluding carboxylic acids is 1. The Kier molecular flexibility index (Phi) is 4.76. The Morgan fingerprint density at radius 2 is 1.90 bits per heavy atom. The number of hydrogen-bond donors (Lipinski definition) is 2. The van der Waals surface area contributed by atoms with Gasteiger partial charge in [-0.3, -0.25) is 4.79 Å². The van der Waals surface area contributed by atoms with Gasteiger partial charge in [0.05, 0.1) is 5.56 Å². The Balaban J connectivity index is 2.78. The molecular weight excluding hydrogens is 258 g/mol. The number of carboxylic acid groups (broad SMARTS) is 1. The van der Waals surface area contributed by atoms with Crippen LogP contribution in [0.3, 0.4) is 0 Å². The van der Waals surface area contributed by atoms with Crippen molar-refractivity contribution in [2.75, 3.05) is 0 Å². The molecular formula is C15H21NO4. The van der Waals surface area contributed by atoms with Crippen molar-refractivity contribution < 1.29 is 19.4 Å². The topological polar surface area (TPSA) is 75.6 Å². The number of carbonyl (C=O) groups is 2. The molecule has 1 aromatic rings. The van der Waals surface area contributed by atoms with Gasteiger partial charge in [-0.1, -0.05) is 0 Å². The summed E-state index contributed by atoms with van der Waals surface area (Å²) in [7, 11) is 0. The quantitative estimate of drug-likeness (QED) is 0.887. The van der Waals surface area contributed by atoms with Crippen molar-refractivity contribution in [3.8, 4) is 5.75 Å². The highest BCUT2D eigenvalue weighted by Gasteiger charge is 2.21. The first-order chi connectivity index (χ1) is 9.10. The SMILES string of the molecule is Cc1cc(C(=O)O)ccc1OC(C)C(=O)NC(C)(C)C. The molecule has 2 N–H and O–H groups in total. The molecule has 0 saturated carbocycles. The van der Waals surface area contributed by atoms with Crippen molar-refractivity contribution in [3.63, 3.8) is 0 Å². The standard InChI is InChI=1S/C15H21NO4/c1-9-8-11(14(18)19)6-7-12(9)20-10(2)13(17)16-15(3,4)5/h6-8,10H,1-5H3,(H,16,17)(H,18,19). The number of benzene rings is 1. The summed E-state index contributed by atoms with van der Waals surface area (Å²) in [6.45, 7) is 9.08. The molecule has 0 aliphatic rings. The van der Waals surface area contributed by atoms with E-state index in [2.05, 4.69) is 5.32 Å². The third-order valence-corrected chi connectivity index (χ3v) is 2.59. The Labute approximate surface area is 118 Å². The summed E-state index contributed by atoms with van der Waals surface area (Å²) >= 11 is 0. The molecule has 5 nitrogen and oxygen atoms in total. The fourth-order valence-corrected chi connectivity index (χ4v) is 1.63. The summed E-state index contributed by atoms with van der Waals surface area (Å²) in [6, 6.07) is 4.55. The third-order valence-electron chi connectivity index (χ3n) is 2.59. The van der Waals surface area contributed by atoms with E-state index in [4.69, 9.17) is 9.84 Å². The highest BCUT2D eigenvalue weighted by atomic mass is 16.5. The number of rotatable bonds is 4. The first-order valence-electron chi connectivity index (χ1n) is 6.43. The Bertz CT molecular complexity index is 517. The summed E-state index contributed by atoms with van der Waals surface area (Å²) in [4.78, 5) is 22.8. The highest BCUT2D eigenvalue weighted by molar-refractivity contribution is 5.88. The van der Waals surface area contributed by atoms with Gasteiger partial charge in [-0.25, -0.2) is 4.79 Å². The molecule has 1 amide bonds. The molecule has 0 aromatic heterocycles. The van der Waals surface area contributed by atoms with Crippen LogP contribution in [0.25, 0.3) is 0 Å². The maximum absolute atomic E-state index is 11.9. The molecule has 0 heterocycles. The van der Waals surface area contributed by atoms with Gasteiger partial charge in [-0.05, 0) is 58.4 Å². The lowest BCUT2D eigenvalue weighted by Crippen LogP contribution is -2.46. The van der Waals surface area contributed by atoms with E-state index in [1.54, 1.807) is 19.9 Å². The number of ether oxygens (including phenoxy) is 1. The molecule has 110 valence electrons. The predicted molar refractivity (Wildman–Crippen MR) is 76.1 cm³/mol. The van der Waals surface area contributed by atoms with Crippen molar-refractivity contribution in [2.24, 2.45) is 0 Å². The van der Waals surface area contributed by atoms with E-state index >= 15 is 0 Å². The van der Waals surface area contributed by atoms with Crippen molar-refractivity contribution in [3.05, 3.63) is 29.3 Å². The number of aromatic carboxylic acids is 1. The van der Waals surface area contributed by atoms with E-state index in [-0.39, 0.29) is 17.0 Å². The number of aryl methyl sites for hydroxylation is 1. The molecule has 1 rings (SSSR count). The first kappa shape index (κ1) is 16.0. The van der Waals surface area contributed by atoms with Gasteiger partial charge in [0.25, 0.3) is 5.91 Å². The van der Waals surface area contributed by atoms with Gasteiger partial charge in [0.15, 0.2) is 6.10 Å². The van der Waals surface area contributed by atoms with Gasteiger partial charge in [0, 0.05) is 5.54 Å². The maximum atomic E-state index is 11.9. The largest absolute Gasteiger partial charge is 0.481 e.